The Kier molecular flexibility index (Phi) is 7.49. The van der Waals surface area contributed by atoms with Gasteiger partial charge in [0.15, 0.2) is 0 Å². The van der Waals surface area contributed by atoms with Gasteiger partial charge in [0, 0.05) is 0 Å². The molecule has 0 saturated heterocycles. The van der Waals surface area contributed by atoms with Crippen LogP contribution in [0.4, 0.5) is 5.69 Å². The van der Waals surface area contributed by atoms with Crippen molar-refractivity contribution in [2.75, 3.05) is 0 Å². The minimum atomic E-state index is 0. The fraction of sp³-hybridized carbons (Fsp3) is 0. The van der Waals surface area contributed by atoms with Crippen LogP contribution in [-0.2, 0) is 17.1 Å². The van der Waals surface area contributed by atoms with E-state index in [1.807, 2.05) is 66.7 Å². The zero-order valence-electron chi connectivity index (χ0n) is 10.7. The molecule has 0 N–H and O–H groups in total. The van der Waals surface area contributed by atoms with Gasteiger partial charge >= 0.3 is 17.1 Å². The smallest absolute Gasteiger partial charge is 0.214 e. The topological polar surface area (TPSA) is 12.4 Å². The molecule has 0 fully saturated rings. The second kappa shape index (κ2) is 9.19. The number of thiocarbonyl (C=S) groups is 1. The van der Waals surface area contributed by atoms with Crippen LogP contribution in [0.2, 0.25) is 0 Å². The predicted molar refractivity (Wildman–Crippen MR) is 84.2 cm³/mol. The molecular weight excluding hydrogens is 306 g/mol. The van der Waals surface area contributed by atoms with Crippen LogP contribution in [0, 0.1) is 0 Å². The fourth-order valence-electron chi connectivity index (χ4n) is 1.67. The molecule has 0 aromatic heterocycles. The molecule has 0 aliphatic heterocycles. The van der Waals surface area contributed by atoms with Gasteiger partial charge < -0.3 is 0 Å². The third-order valence-corrected chi connectivity index (χ3v) is 2.68. The van der Waals surface area contributed by atoms with Gasteiger partial charge in [0.05, 0.1) is 10.8 Å². The molecular formula is C17H13FeNS. The largest absolute Gasteiger partial charge is 2.00 e. The summed E-state index contributed by atoms with van der Waals surface area (Å²) in [6, 6.07) is 26.1. The summed E-state index contributed by atoms with van der Waals surface area (Å²) in [5.41, 5.74) is 3.26. The maximum absolute atomic E-state index is 4.53. The fourth-order valence-corrected chi connectivity index (χ4v) is 1.77. The number of aliphatic imine (C=N–C) groups is 1. The first kappa shape index (κ1) is 16.3. The Hall–Kier alpha value is -1.76. The molecule has 3 heteroatoms. The summed E-state index contributed by atoms with van der Waals surface area (Å²) in [6.45, 7) is 0. The molecule has 0 bridgehead atoms. The van der Waals surface area contributed by atoms with E-state index in [-0.39, 0.29) is 17.1 Å². The van der Waals surface area contributed by atoms with E-state index in [0.29, 0.717) is 0 Å². The van der Waals surface area contributed by atoms with Gasteiger partial charge in [-0.15, -0.1) is 29.8 Å². The molecule has 0 heterocycles. The molecule has 3 aromatic carbocycles. The third-order valence-electron chi connectivity index (χ3n) is 2.59. The van der Waals surface area contributed by atoms with E-state index in [0.717, 1.165) is 5.69 Å². The maximum atomic E-state index is 4.53. The summed E-state index contributed by atoms with van der Waals surface area (Å²) in [5.74, 6) is 0. The molecule has 0 aliphatic rings. The van der Waals surface area contributed by atoms with E-state index < -0.39 is 0 Å². The SMILES string of the molecule is S=C=Nc1ccc(-[c-]2cccc2)cc1.[Fe+2].c1cc[cH-]c1. The second-order valence-corrected chi connectivity index (χ2v) is 4.07. The van der Waals surface area contributed by atoms with E-state index in [9.17, 15) is 0 Å². The van der Waals surface area contributed by atoms with Crippen molar-refractivity contribution in [2.24, 2.45) is 4.99 Å². The standard InChI is InChI=1S/C12H8NS.C5H5.Fe/c14-9-13-12-7-5-11(6-8-12)10-3-1-2-4-10;1-2-4-5-3-1;/h1-8H;1-5H;/q2*-1;+2. The van der Waals surface area contributed by atoms with Crippen molar-refractivity contribution in [3.63, 3.8) is 0 Å². The summed E-state index contributed by atoms with van der Waals surface area (Å²) < 4.78 is 0. The van der Waals surface area contributed by atoms with Crippen molar-refractivity contribution in [1.29, 1.82) is 0 Å². The van der Waals surface area contributed by atoms with E-state index in [1.54, 1.807) is 0 Å². The van der Waals surface area contributed by atoms with Crippen LogP contribution in [0.3, 0.4) is 0 Å². The van der Waals surface area contributed by atoms with Crippen LogP contribution in [0.25, 0.3) is 11.1 Å². The summed E-state index contributed by atoms with van der Waals surface area (Å²) >= 11 is 4.53. The van der Waals surface area contributed by atoms with Gasteiger partial charge in [0.25, 0.3) is 0 Å². The minimum absolute atomic E-state index is 0. The van der Waals surface area contributed by atoms with Gasteiger partial charge in [-0.05, 0) is 12.2 Å². The van der Waals surface area contributed by atoms with Gasteiger partial charge in [-0.1, -0.05) is 17.7 Å². The van der Waals surface area contributed by atoms with Gasteiger partial charge in [-0.2, -0.15) is 35.3 Å². The molecule has 0 spiro atoms. The average molecular weight is 319 g/mol. The molecule has 20 heavy (non-hydrogen) atoms. The number of nitrogens with zero attached hydrogens (tertiary/aromatic N) is 1. The number of benzene rings is 1. The third kappa shape index (κ3) is 5.08. The normalized spacial score (nSPS) is 8.60. The molecule has 0 radical (unpaired) electrons. The summed E-state index contributed by atoms with van der Waals surface area (Å²) in [6.07, 6.45) is 0. The van der Waals surface area contributed by atoms with Crippen LogP contribution < -0.4 is 0 Å². The molecule has 0 unspecified atom stereocenters. The Morgan fingerprint density at radius 3 is 2.00 bits per heavy atom. The molecule has 0 atom stereocenters. The van der Waals surface area contributed by atoms with Crippen LogP contribution in [0.1, 0.15) is 0 Å². The van der Waals surface area contributed by atoms with Crippen molar-refractivity contribution in [3.8, 4) is 11.1 Å². The van der Waals surface area contributed by atoms with E-state index in [4.69, 9.17) is 0 Å². The van der Waals surface area contributed by atoms with Crippen molar-refractivity contribution < 1.29 is 17.1 Å². The number of isothiocyanates is 1. The van der Waals surface area contributed by atoms with Gasteiger partial charge in [-0.25, -0.2) is 12.1 Å². The quantitative estimate of drug-likeness (QED) is 0.273. The zero-order chi connectivity index (χ0) is 13.3. The first-order valence-electron chi connectivity index (χ1n) is 5.97. The number of rotatable bonds is 2. The molecule has 1 nitrogen and oxygen atoms in total. The Labute approximate surface area is 135 Å². The average Bonchev–Trinajstić information content (AvgIpc) is 3.16. The van der Waals surface area contributed by atoms with Crippen LogP contribution >= 0.6 is 12.2 Å². The van der Waals surface area contributed by atoms with Gasteiger partial charge in [-0.3, -0.25) is 0 Å². The van der Waals surface area contributed by atoms with Crippen LogP contribution in [-0.4, -0.2) is 5.16 Å². The second-order valence-electron chi connectivity index (χ2n) is 3.89. The van der Waals surface area contributed by atoms with Crippen LogP contribution in [0.15, 0.2) is 83.9 Å². The molecule has 0 aliphatic carbocycles. The Bertz CT molecular complexity index is 601. The van der Waals surface area contributed by atoms with Gasteiger partial charge in [0.2, 0.25) is 0 Å². The Balaban J connectivity index is 0.000000283. The summed E-state index contributed by atoms with van der Waals surface area (Å²) in [4.78, 5) is 3.89. The first-order valence-corrected chi connectivity index (χ1v) is 6.37. The number of hydrogen-bond donors (Lipinski definition) is 0. The monoisotopic (exact) mass is 319 g/mol. The van der Waals surface area contributed by atoms with Crippen LogP contribution in [0.5, 0.6) is 0 Å². The van der Waals surface area contributed by atoms with Crippen molar-refractivity contribution >= 4 is 23.1 Å². The first-order chi connectivity index (χ1) is 9.40. The van der Waals surface area contributed by atoms with E-state index in [2.05, 4.69) is 34.5 Å². The maximum Gasteiger partial charge on any atom is 2.00 e. The zero-order valence-corrected chi connectivity index (χ0v) is 12.6. The summed E-state index contributed by atoms with van der Waals surface area (Å²) in [7, 11) is 0. The Morgan fingerprint density at radius 1 is 0.950 bits per heavy atom. The minimum Gasteiger partial charge on any atom is -0.214 e. The Morgan fingerprint density at radius 2 is 1.55 bits per heavy atom. The van der Waals surface area contributed by atoms with Gasteiger partial charge in [0.1, 0.15) is 0 Å². The van der Waals surface area contributed by atoms with Crippen molar-refractivity contribution in [2.45, 2.75) is 0 Å². The number of hydrogen-bond acceptors (Lipinski definition) is 2. The summed E-state index contributed by atoms with van der Waals surface area (Å²) in [5, 5.41) is 2.35. The van der Waals surface area contributed by atoms with E-state index >= 15 is 0 Å². The molecule has 100 valence electrons. The van der Waals surface area contributed by atoms with E-state index in [1.165, 1.54) is 11.1 Å². The molecule has 3 rings (SSSR count). The predicted octanol–water partition coefficient (Wildman–Crippen LogP) is 5.21. The van der Waals surface area contributed by atoms with Crippen molar-refractivity contribution in [1.82, 2.24) is 0 Å². The molecule has 0 saturated carbocycles. The van der Waals surface area contributed by atoms with Crippen molar-refractivity contribution in [3.05, 3.63) is 78.9 Å². The molecule has 0 amide bonds. The molecule has 3 aromatic rings.